The molecule has 5 nitrogen and oxygen atoms in total. The summed E-state index contributed by atoms with van der Waals surface area (Å²) in [6, 6.07) is 29.6. The Hall–Kier alpha value is -4.38. The van der Waals surface area contributed by atoms with Crippen molar-refractivity contribution in [3.05, 3.63) is 114 Å². The lowest BCUT2D eigenvalue weighted by atomic mass is 9.98. The summed E-state index contributed by atoms with van der Waals surface area (Å²) in [5.74, 6) is -0.394. The summed E-state index contributed by atoms with van der Waals surface area (Å²) in [5.41, 5.74) is 11.9. The van der Waals surface area contributed by atoms with Gasteiger partial charge in [-0.25, -0.2) is 0 Å². The zero-order valence-corrected chi connectivity index (χ0v) is 18.6. The molecule has 0 aromatic heterocycles. The molecule has 0 aliphatic heterocycles. The number of rotatable bonds is 5. The summed E-state index contributed by atoms with van der Waals surface area (Å²) in [6.07, 6.45) is 0. The van der Waals surface area contributed by atoms with Crippen molar-refractivity contribution in [2.45, 2.75) is 6.92 Å². The molecule has 0 unspecified atom stereocenters. The number of amides is 2. The van der Waals surface area contributed by atoms with Crippen LogP contribution >= 0.6 is 0 Å². The van der Waals surface area contributed by atoms with Crippen LogP contribution in [0.1, 0.15) is 26.3 Å². The molecule has 5 heteroatoms. The van der Waals surface area contributed by atoms with Crippen molar-refractivity contribution in [1.29, 1.82) is 0 Å². The van der Waals surface area contributed by atoms with Crippen LogP contribution in [0, 0.1) is 6.92 Å². The number of nitrogens with zero attached hydrogens (tertiary/aromatic N) is 1. The first kappa shape index (κ1) is 21.8. The topological polar surface area (TPSA) is 75.4 Å². The number of carbonyl (C=O) groups excluding carboxylic acids is 2. The molecule has 4 aromatic carbocycles. The smallest absolute Gasteiger partial charge is 0.258 e. The predicted octanol–water partition coefficient (Wildman–Crippen LogP) is 5.77. The number of anilines is 3. The molecule has 3 N–H and O–H groups in total. The number of nitrogens with two attached hydrogens (primary N) is 1. The fourth-order valence-corrected chi connectivity index (χ4v) is 3.66. The molecule has 0 heterocycles. The molecule has 0 atom stereocenters. The van der Waals surface area contributed by atoms with Gasteiger partial charge < -0.3 is 16.0 Å². The molecule has 0 aliphatic carbocycles. The maximum atomic E-state index is 13.0. The Bertz CT molecular complexity index is 1300. The van der Waals surface area contributed by atoms with Gasteiger partial charge in [-0.2, -0.15) is 0 Å². The fourth-order valence-electron chi connectivity index (χ4n) is 3.66. The lowest BCUT2D eigenvalue weighted by molar-refractivity contribution is 0.0991. The van der Waals surface area contributed by atoms with Gasteiger partial charge in [-0.05, 0) is 60.5 Å². The van der Waals surface area contributed by atoms with Crippen LogP contribution in [0.25, 0.3) is 11.1 Å². The molecular formula is C28H25N3O2. The van der Waals surface area contributed by atoms with E-state index in [0.717, 1.165) is 16.7 Å². The van der Waals surface area contributed by atoms with Crippen LogP contribution in [0.4, 0.5) is 17.1 Å². The van der Waals surface area contributed by atoms with Gasteiger partial charge in [0.2, 0.25) is 0 Å². The van der Waals surface area contributed by atoms with Crippen LogP contribution in [0.2, 0.25) is 0 Å². The van der Waals surface area contributed by atoms with Crippen LogP contribution in [0.3, 0.4) is 0 Å². The molecule has 0 radical (unpaired) electrons. The molecular weight excluding hydrogens is 410 g/mol. The van der Waals surface area contributed by atoms with Crippen molar-refractivity contribution in [3.63, 3.8) is 0 Å². The van der Waals surface area contributed by atoms with E-state index in [1.165, 1.54) is 4.90 Å². The monoisotopic (exact) mass is 435 g/mol. The Morgan fingerprint density at radius 2 is 1.42 bits per heavy atom. The maximum absolute atomic E-state index is 13.0. The quantitative estimate of drug-likeness (QED) is 0.391. The van der Waals surface area contributed by atoms with Crippen LogP contribution in [-0.2, 0) is 0 Å². The Labute approximate surface area is 193 Å². The highest BCUT2D eigenvalue weighted by molar-refractivity contribution is 6.10. The van der Waals surface area contributed by atoms with E-state index in [1.807, 2.05) is 67.6 Å². The highest BCUT2D eigenvalue weighted by Gasteiger charge is 2.16. The molecule has 0 fully saturated rings. The van der Waals surface area contributed by atoms with E-state index in [1.54, 1.807) is 43.4 Å². The molecule has 0 saturated carbocycles. The van der Waals surface area contributed by atoms with Gasteiger partial charge in [-0.15, -0.1) is 0 Å². The SMILES string of the molecule is Cc1ccc(-c2ccccc2C(=O)Nc2ccc(C(=O)N(C)c3ccccc3N)cc2)cc1. The lowest BCUT2D eigenvalue weighted by Gasteiger charge is -2.19. The Morgan fingerprint density at radius 1 is 0.788 bits per heavy atom. The van der Waals surface area contributed by atoms with Crippen molar-refractivity contribution in [2.24, 2.45) is 0 Å². The zero-order chi connectivity index (χ0) is 23.4. The van der Waals surface area contributed by atoms with Crippen LogP contribution in [0.15, 0.2) is 97.1 Å². The fraction of sp³-hybridized carbons (Fsp3) is 0.0714. The highest BCUT2D eigenvalue weighted by atomic mass is 16.2. The average molecular weight is 436 g/mol. The lowest BCUT2D eigenvalue weighted by Crippen LogP contribution is -2.27. The minimum Gasteiger partial charge on any atom is -0.397 e. The van der Waals surface area contributed by atoms with Gasteiger partial charge in [-0.3, -0.25) is 9.59 Å². The Morgan fingerprint density at radius 3 is 2.12 bits per heavy atom. The maximum Gasteiger partial charge on any atom is 0.258 e. The molecule has 4 aromatic rings. The summed E-state index contributed by atoms with van der Waals surface area (Å²) in [6.45, 7) is 2.03. The van der Waals surface area contributed by atoms with Gasteiger partial charge in [-0.1, -0.05) is 60.2 Å². The van der Waals surface area contributed by atoms with Crippen LogP contribution in [-0.4, -0.2) is 18.9 Å². The molecule has 0 saturated heterocycles. The van der Waals surface area contributed by atoms with E-state index < -0.39 is 0 Å². The van der Waals surface area contributed by atoms with Crippen LogP contribution < -0.4 is 16.0 Å². The average Bonchev–Trinajstić information content (AvgIpc) is 2.84. The van der Waals surface area contributed by atoms with Crippen molar-refractivity contribution < 1.29 is 9.59 Å². The first-order valence-electron chi connectivity index (χ1n) is 10.6. The Kier molecular flexibility index (Phi) is 6.22. The molecule has 4 rings (SSSR count). The number of benzene rings is 4. The molecule has 0 bridgehead atoms. The van der Waals surface area contributed by atoms with Crippen molar-refractivity contribution in [1.82, 2.24) is 0 Å². The minimum atomic E-state index is -0.209. The summed E-state index contributed by atoms with van der Waals surface area (Å²) >= 11 is 0. The van der Waals surface area contributed by atoms with Crippen molar-refractivity contribution in [2.75, 3.05) is 23.0 Å². The third-order valence-electron chi connectivity index (χ3n) is 5.53. The van der Waals surface area contributed by atoms with E-state index >= 15 is 0 Å². The zero-order valence-electron chi connectivity index (χ0n) is 18.6. The molecule has 0 aliphatic rings. The van der Waals surface area contributed by atoms with Gasteiger partial charge in [0.15, 0.2) is 0 Å². The van der Waals surface area contributed by atoms with Crippen LogP contribution in [0.5, 0.6) is 0 Å². The molecule has 33 heavy (non-hydrogen) atoms. The summed E-state index contributed by atoms with van der Waals surface area (Å²) in [4.78, 5) is 27.4. The van der Waals surface area contributed by atoms with Gasteiger partial charge in [0, 0.05) is 23.9 Å². The molecule has 0 spiro atoms. The highest BCUT2D eigenvalue weighted by Crippen LogP contribution is 2.26. The third kappa shape index (κ3) is 4.77. The van der Waals surface area contributed by atoms with Gasteiger partial charge in [0.25, 0.3) is 11.8 Å². The number of hydrogen-bond acceptors (Lipinski definition) is 3. The third-order valence-corrected chi connectivity index (χ3v) is 5.53. The number of nitrogen functional groups attached to an aromatic ring is 1. The number of carbonyl (C=O) groups is 2. The standard InChI is InChI=1S/C28H25N3O2/c1-19-11-13-20(14-12-19)23-7-3-4-8-24(23)27(32)30-22-17-15-21(16-18-22)28(33)31(2)26-10-6-5-9-25(26)29/h3-18H,29H2,1-2H3,(H,30,32). The number of hydrogen-bond donors (Lipinski definition) is 2. The van der Waals surface area contributed by atoms with Gasteiger partial charge in [0.05, 0.1) is 11.4 Å². The van der Waals surface area contributed by atoms with E-state index in [0.29, 0.717) is 28.2 Å². The van der Waals surface area contributed by atoms with E-state index in [9.17, 15) is 9.59 Å². The first-order valence-corrected chi connectivity index (χ1v) is 10.6. The second-order valence-electron chi connectivity index (χ2n) is 7.87. The minimum absolute atomic E-state index is 0.185. The summed E-state index contributed by atoms with van der Waals surface area (Å²) < 4.78 is 0. The van der Waals surface area contributed by atoms with Gasteiger partial charge >= 0.3 is 0 Å². The van der Waals surface area contributed by atoms with E-state index in [2.05, 4.69) is 5.32 Å². The van der Waals surface area contributed by atoms with Crippen molar-refractivity contribution >= 4 is 28.9 Å². The molecule has 2 amide bonds. The van der Waals surface area contributed by atoms with E-state index in [-0.39, 0.29) is 11.8 Å². The predicted molar refractivity (Wildman–Crippen MR) is 135 cm³/mol. The summed E-state index contributed by atoms with van der Waals surface area (Å²) in [7, 11) is 1.69. The normalized spacial score (nSPS) is 10.5. The van der Waals surface area contributed by atoms with E-state index in [4.69, 9.17) is 5.73 Å². The second-order valence-corrected chi connectivity index (χ2v) is 7.87. The molecule has 164 valence electrons. The number of nitrogens with one attached hydrogen (secondary N) is 1. The summed E-state index contributed by atoms with van der Waals surface area (Å²) in [5, 5.41) is 2.93. The second kappa shape index (κ2) is 9.40. The Balaban J connectivity index is 1.51. The van der Waals surface area contributed by atoms with Crippen molar-refractivity contribution in [3.8, 4) is 11.1 Å². The first-order chi connectivity index (χ1) is 15.9. The van der Waals surface area contributed by atoms with Gasteiger partial charge in [0.1, 0.15) is 0 Å². The largest absolute Gasteiger partial charge is 0.397 e. The number of aryl methyl sites for hydroxylation is 1. The number of para-hydroxylation sites is 2.